The van der Waals surface area contributed by atoms with Crippen LogP contribution in [0.5, 0.6) is 0 Å². The number of alkyl halides is 2. The maximum atomic E-state index is 13.1. The Hall–Kier alpha value is -1.95. The van der Waals surface area contributed by atoms with Crippen LogP contribution in [0.4, 0.5) is 10.1 Å². The second kappa shape index (κ2) is 5.60. The number of benzene rings is 2. The van der Waals surface area contributed by atoms with E-state index >= 15 is 0 Å². The van der Waals surface area contributed by atoms with Crippen LogP contribution in [0.15, 0.2) is 48.5 Å². The van der Waals surface area contributed by atoms with Crippen LogP contribution in [0.1, 0.15) is 15.9 Å². The van der Waals surface area contributed by atoms with Gasteiger partial charge in [0.05, 0.1) is 5.69 Å². The van der Waals surface area contributed by atoms with Gasteiger partial charge in [-0.1, -0.05) is 18.2 Å². The lowest BCUT2D eigenvalue weighted by Gasteiger charge is -2.38. The number of amides is 2. The Morgan fingerprint density at radius 2 is 1.65 bits per heavy atom. The highest BCUT2D eigenvalue weighted by atomic mass is 35.5. The molecule has 1 unspecified atom stereocenters. The van der Waals surface area contributed by atoms with Crippen molar-refractivity contribution in [2.24, 2.45) is 0 Å². The summed E-state index contributed by atoms with van der Waals surface area (Å²) in [7, 11) is 0. The average molecular weight is 354 g/mol. The topological polar surface area (TPSA) is 57.6 Å². The van der Waals surface area contributed by atoms with E-state index in [-0.39, 0.29) is 16.8 Å². The van der Waals surface area contributed by atoms with Gasteiger partial charge in [-0.05, 0) is 30.3 Å². The molecule has 1 N–H and O–H groups in total. The standard InChI is InChI=1S/C16H10Cl2FNO3/c17-14(18)16(23)12-4-2-1-3-11(12)13(21)20(15(16)22)10-7-5-9(19)6-8-10/h1-8,14,23H. The van der Waals surface area contributed by atoms with Gasteiger partial charge >= 0.3 is 0 Å². The fraction of sp³-hybridized carbons (Fsp3) is 0.125. The molecule has 1 atom stereocenters. The van der Waals surface area contributed by atoms with Crippen molar-refractivity contribution >= 4 is 40.7 Å². The normalized spacial score (nSPS) is 20.8. The predicted octanol–water partition coefficient (Wildman–Crippen LogP) is 3.00. The van der Waals surface area contributed by atoms with Crippen LogP contribution in [0.25, 0.3) is 0 Å². The highest BCUT2D eigenvalue weighted by Crippen LogP contribution is 2.40. The number of aliphatic hydroxyl groups is 1. The van der Waals surface area contributed by atoms with Gasteiger partial charge < -0.3 is 5.11 Å². The Bertz CT molecular complexity index is 794. The molecule has 2 aromatic carbocycles. The van der Waals surface area contributed by atoms with Crippen LogP contribution >= 0.6 is 23.2 Å². The number of halogens is 3. The summed E-state index contributed by atoms with van der Waals surface area (Å²) in [4.78, 5) is 24.6. The van der Waals surface area contributed by atoms with Gasteiger partial charge in [-0.3, -0.25) is 9.59 Å². The van der Waals surface area contributed by atoms with Gasteiger partial charge in [0.2, 0.25) is 5.60 Å². The second-order valence-corrected chi connectivity index (χ2v) is 6.13. The van der Waals surface area contributed by atoms with Crippen LogP contribution in [0.3, 0.4) is 0 Å². The molecule has 0 fully saturated rings. The summed E-state index contributed by atoms with van der Waals surface area (Å²) < 4.78 is 13.1. The summed E-state index contributed by atoms with van der Waals surface area (Å²) in [6.45, 7) is 0. The average Bonchev–Trinajstić information content (AvgIpc) is 2.54. The Kier molecular flexibility index (Phi) is 3.88. The summed E-state index contributed by atoms with van der Waals surface area (Å²) in [6, 6.07) is 10.8. The van der Waals surface area contributed by atoms with E-state index in [4.69, 9.17) is 23.2 Å². The summed E-state index contributed by atoms with van der Waals surface area (Å²) in [5.74, 6) is -2.15. The van der Waals surface area contributed by atoms with E-state index in [0.717, 1.165) is 17.0 Å². The zero-order valence-corrected chi connectivity index (χ0v) is 13.1. The maximum Gasteiger partial charge on any atom is 0.273 e. The minimum Gasteiger partial charge on any atom is -0.373 e. The van der Waals surface area contributed by atoms with E-state index in [0.29, 0.717) is 0 Å². The molecule has 23 heavy (non-hydrogen) atoms. The van der Waals surface area contributed by atoms with Crippen LogP contribution in [0.2, 0.25) is 0 Å². The number of carbonyl (C=O) groups is 2. The largest absolute Gasteiger partial charge is 0.373 e. The van der Waals surface area contributed by atoms with Crippen molar-refractivity contribution in [2.45, 2.75) is 10.4 Å². The first-order valence-corrected chi connectivity index (χ1v) is 7.49. The molecule has 2 aromatic rings. The summed E-state index contributed by atoms with van der Waals surface area (Å²) >= 11 is 11.7. The van der Waals surface area contributed by atoms with Crippen molar-refractivity contribution in [1.29, 1.82) is 0 Å². The quantitative estimate of drug-likeness (QED) is 0.666. The van der Waals surface area contributed by atoms with Crippen molar-refractivity contribution < 1.29 is 19.1 Å². The lowest BCUT2D eigenvalue weighted by molar-refractivity contribution is -0.136. The van der Waals surface area contributed by atoms with Gasteiger partial charge in [0.1, 0.15) is 10.7 Å². The molecule has 2 amide bonds. The maximum absolute atomic E-state index is 13.1. The zero-order chi connectivity index (χ0) is 16.8. The summed E-state index contributed by atoms with van der Waals surface area (Å²) in [6.07, 6.45) is 0. The van der Waals surface area contributed by atoms with Gasteiger partial charge in [0.15, 0.2) is 0 Å². The molecule has 3 rings (SSSR count). The van der Waals surface area contributed by atoms with Crippen LogP contribution in [0, 0.1) is 5.82 Å². The van der Waals surface area contributed by atoms with Crippen molar-refractivity contribution in [3.63, 3.8) is 0 Å². The first-order valence-electron chi connectivity index (χ1n) is 6.62. The Morgan fingerprint density at radius 3 is 2.26 bits per heavy atom. The molecule has 1 aliphatic rings. The molecule has 7 heteroatoms. The van der Waals surface area contributed by atoms with Crippen molar-refractivity contribution in [3.05, 3.63) is 65.5 Å². The molecule has 4 nitrogen and oxygen atoms in total. The number of fused-ring (bicyclic) bond motifs is 1. The highest BCUT2D eigenvalue weighted by Gasteiger charge is 2.54. The molecule has 0 bridgehead atoms. The number of nitrogens with zero attached hydrogens (tertiary/aromatic N) is 1. The van der Waals surface area contributed by atoms with E-state index in [1.807, 2.05) is 0 Å². The minimum atomic E-state index is -2.28. The smallest absolute Gasteiger partial charge is 0.273 e. The lowest BCUT2D eigenvalue weighted by atomic mass is 9.85. The SMILES string of the molecule is O=C1c2ccccc2C(O)(C(Cl)Cl)C(=O)N1c1ccc(F)cc1. The number of rotatable bonds is 2. The number of hydrogen-bond donors (Lipinski definition) is 1. The van der Waals surface area contributed by atoms with Crippen molar-refractivity contribution in [3.8, 4) is 0 Å². The van der Waals surface area contributed by atoms with Crippen molar-refractivity contribution in [2.75, 3.05) is 4.90 Å². The predicted molar refractivity (Wildman–Crippen MR) is 84.0 cm³/mol. The van der Waals surface area contributed by atoms with Gasteiger partial charge in [-0.15, -0.1) is 23.2 Å². The number of anilines is 1. The lowest BCUT2D eigenvalue weighted by Crippen LogP contribution is -2.57. The minimum absolute atomic E-state index is 0.0448. The van der Waals surface area contributed by atoms with E-state index in [1.54, 1.807) is 12.1 Å². The first-order chi connectivity index (χ1) is 10.9. The van der Waals surface area contributed by atoms with E-state index in [2.05, 4.69) is 0 Å². The molecule has 1 aliphatic heterocycles. The summed E-state index contributed by atoms with van der Waals surface area (Å²) in [5.41, 5.74) is -2.01. The Balaban J connectivity index is 2.23. The monoisotopic (exact) mass is 353 g/mol. The first kappa shape index (κ1) is 15.9. The molecule has 0 radical (unpaired) electrons. The zero-order valence-electron chi connectivity index (χ0n) is 11.5. The third-order valence-corrected chi connectivity index (χ3v) is 4.33. The summed E-state index contributed by atoms with van der Waals surface area (Å²) in [5, 5.41) is 10.8. The molecule has 0 saturated heterocycles. The van der Waals surface area contributed by atoms with E-state index < -0.39 is 28.1 Å². The molecule has 0 spiro atoms. The number of carbonyl (C=O) groups excluding carboxylic acids is 2. The number of hydrogen-bond acceptors (Lipinski definition) is 3. The Morgan fingerprint density at radius 1 is 1.04 bits per heavy atom. The van der Waals surface area contributed by atoms with Crippen LogP contribution in [-0.4, -0.2) is 21.8 Å². The van der Waals surface area contributed by atoms with E-state index in [1.165, 1.54) is 24.3 Å². The molecular formula is C16H10Cl2FNO3. The molecule has 0 aliphatic carbocycles. The molecule has 118 valence electrons. The Labute approximate surface area is 141 Å². The van der Waals surface area contributed by atoms with Gasteiger partial charge in [-0.25, -0.2) is 9.29 Å². The molecule has 0 saturated carbocycles. The fourth-order valence-corrected chi connectivity index (χ4v) is 2.96. The fourth-order valence-electron chi connectivity index (χ4n) is 2.54. The van der Waals surface area contributed by atoms with Crippen molar-refractivity contribution in [1.82, 2.24) is 0 Å². The van der Waals surface area contributed by atoms with Crippen LogP contribution in [-0.2, 0) is 10.4 Å². The molecular weight excluding hydrogens is 344 g/mol. The third-order valence-electron chi connectivity index (χ3n) is 3.70. The molecule has 1 heterocycles. The third kappa shape index (κ3) is 2.32. The van der Waals surface area contributed by atoms with Gasteiger partial charge in [-0.2, -0.15) is 0 Å². The number of imide groups is 1. The van der Waals surface area contributed by atoms with E-state index in [9.17, 15) is 19.1 Å². The highest BCUT2D eigenvalue weighted by molar-refractivity contribution is 6.47. The van der Waals surface area contributed by atoms with Gasteiger partial charge in [0, 0.05) is 11.1 Å². The second-order valence-electron chi connectivity index (χ2n) is 5.03. The molecule has 0 aromatic heterocycles. The van der Waals surface area contributed by atoms with Crippen LogP contribution < -0.4 is 4.90 Å². The van der Waals surface area contributed by atoms with Gasteiger partial charge in [0.25, 0.3) is 11.8 Å².